The number of carboxylic acid groups (broad SMARTS) is 1. The standard InChI is InChI=1S/C30H47NO8/c1-8-9-20(6)30(36)37-21(7)16-23(28(31)29(34)35)22-12-13-24(38-26(32)14-10-18(2)3)25(17-22)39-27(33)15-11-19(4)5/h12-13,17-21,23,28H,8-11,14-16,31H2,1-7H3,(H,34,35)/t20?,21?,23?,28-/m0/s1. The second-order valence-electron chi connectivity index (χ2n) is 11.2. The lowest BCUT2D eigenvalue weighted by Crippen LogP contribution is -2.38. The molecule has 9 nitrogen and oxygen atoms in total. The molecule has 3 unspecified atom stereocenters. The smallest absolute Gasteiger partial charge is 0.321 e. The predicted molar refractivity (Wildman–Crippen MR) is 148 cm³/mol. The third-order valence-corrected chi connectivity index (χ3v) is 6.44. The maximum atomic E-state index is 12.6. The molecular weight excluding hydrogens is 502 g/mol. The fraction of sp³-hybridized carbons (Fsp3) is 0.667. The normalized spacial score (nSPS) is 14.4. The zero-order valence-corrected chi connectivity index (χ0v) is 24.5. The summed E-state index contributed by atoms with van der Waals surface area (Å²) in [5.74, 6) is -2.89. The van der Waals surface area contributed by atoms with E-state index in [9.17, 15) is 24.3 Å². The highest BCUT2D eigenvalue weighted by Crippen LogP contribution is 2.35. The Morgan fingerprint density at radius 3 is 1.87 bits per heavy atom. The maximum absolute atomic E-state index is 12.6. The highest BCUT2D eigenvalue weighted by Gasteiger charge is 2.30. The molecule has 0 amide bonds. The summed E-state index contributed by atoms with van der Waals surface area (Å²) in [6, 6.07) is 3.25. The van der Waals surface area contributed by atoms with E-state index >= 15 is 0 Å². The molecule has 3 N–H and O–H groups in total. The molecule has 0 bridgehead atoms. The zero-order valence-electron chi connectivity index (χ0n) is 24.5. The molecule has 0 fully saturated rings. The van der Waals surface area contributed by atoms with E-state index in [0.29, 0.717) is 36.7 Å². The van der Waals surface area contributed by atoms with Crippen LogP contribution in [0.4, 0.5) is 0 Å². The van der Waals surface area contributed by atoms with E-state index < -0.39 is 36.0 Å². The van der Waals surface area contributed by atoms with Crippen LogP contribution in [-0.4, -0.2) is 41.1 Å². The highest BCUT2D eigenvalue weighted by molar-refractivity contribution is 5.77. The van der Waals surface area contributed by atoms with Gasteiger partial charge >= 0.3 is 23.9 Å². The quantitative estimate of drug-likeness (QED) is 0.187. The summed E-state index contributed by atoms with van der Waals surface area (Å²) >= 11 is 0. The van der Waals surface area contributed by atoms with Crippen molar-refractivity contribution in [3.63, 3.8) is 0 Å². The molecule has 0 heterocycles. The fourth-order valence-corrected chi connectivity index (χ4v) is 4.01. The van der Waals surface area contributed by atoms with Gasteiger partial charge in [0.05, 0.1) is 12.0 Å². The topological polar surface area (TPSA) is 142 Å². The number of carbonyl (C=O) groups excluding carboxylic acids is 3. The fourth-order valence-electron chi connectivity index (χ4n) is 4.01. The first-order valence-corrected chi connectivity index (χ1v) is 14.0. The second kappa shape index (κ2) is 16.9. The van der Waals surface area contributed by atoms with Crippen LogP contribution in [0.1, 0.15) is 105 Å². The van der Waals surface area contributed by atoms with E-state index in [0.717, 1.165) is 6.42 Å². The Balaban J connectivity index is 3.30. The average molecular weight is 550 g/mol. The van der Waals surface area contributed by atoms with Gasteiger partial charge in [-0.15, -0.1) is 0 Å². The molecule has 0 aliphatic carbocycles. The van der Waals surface area contributed by atoms with Crippen LogP contribution < -0.4 is 15.2 Å². The number of carboxylic acids is 1. The van der Waals surface area contributed by atoms with Crippen molar-refractivity contribution in [2.45, 2.75) is 111 Å². The monoisotopic (exact) mass is 549 g/mol. The molecule has 0 saturated carbocycles. The van der Waals surface area contributed by atoms with Gasteiger partial charge in [-0.1, -0.05) is 54.0 Å². The number of ether oxygens (including phenoxy) is 3. The number of benzene rings is 1. The van der Waals surface area contributed by atoms with Crippen molar-refractivity contribution in [1.29, 1.82) is 0 Å². The number of hydrogen-bond donors (Lipinski definition) is 2. The molecule has 39 heavy (non-hydrogen) atoms. The summed E-state index contributed by atoms with van der Waals surface area (Å²) < 4.78 is 16.7. The number of esters is 3. The van der Waals surface area contributed by atoms with Gasteiger partial charge in [0.2, 0.25) is 0 Å². The molecule has 1 aromatic rings. The Hall–Kier alpha value is -2.94. The summed E-state index contributed by atoms with van der Waals surface area (Å²) in [7, 11) is 0. The van der Waals surface area contributed by atoms with Crippen molar-refractivity contribution in [2.75, 3.05) is 0 Å². The van der Waals surface area contributed by atoms with E-state index in [2.05, 4.69) is 0 Å². The maximum Gasteiger partial charge on any atom is 0.321 e. The summed E-state index contributed by atoms with van der Waals surface area (Å²) in [5.41, 5.74) is 6.53. The summed E-state index contributed by atoms with van der Waals surface area (Å²) in [6.07, 6.45) is 2.67. The van der Waals surface area contributed by atoms with Crippen molar-refractivity contribution in [3.05, 3.63) is 23.8 Å². The minimum absolute atomic E-state index is 0.0166. The summed E-state index contributed by atoms with van der Waals surface area (Å²) in [6.45, 7) is 13.4. The zero-order chi connectivity index (χ0) is 29.7. The van der Waals surface area contributed by atoms with E-state index in [1.54, 1.807) is 19.9 Å². The van der Waals surface area contributed by atoms with Crippen LogP contribution in [0.5, 0.6) is 11.5 Å². The molecule has 0 saturated heterocycles. The van der Waals surface area contributed by atoms with Gasteiger partial charge in [-0.05, 0) is 62.1 Å². The molecule has 9 heteroatoms. The number of aliphatic carboxylic acids is 1. The van der Waals surface area contributed by atoms with E-state index in [4.69, 9.17) is 19.9 Å². The van der Waals surface area contributed by atoms with Crippen LogP contribution in [0.25, 0.3) is 0 Å². The molecule has 0 radical (unpaired) electrons. The van der Waals surface area contributed by atoms with Gasteiger partial charge in [0.1, 0.15) is 6.04 Å². The minimum Gasteiger partial charge on any atom is -0.480 e. The molecule has 1 aromatic carbocycles. The third kappa shape index (κ3) is 12.6. The Labute approximate surface area is 232 Å². The van der Waals surface area contributed by atoms with Gasteiger partial charge in [-0.2, -0.15) is 0 Å². The molecule has 1 rings (SSSR count). The van der Waals surface area contributed by atoms with Gasteiger partial charge in [-0.3, -0.25) is 19.2 Å². The molecule has 0 spiro atoms. The van der Waals surface area contributed by atoms with Crippen LogP contribution in [0.2, 0.25) is 0 Å². The SMILES string of the molecule is CCCC(C)C(=O)OC(C)CC(c1ccc(OC(=O)CCC(C)C)c(OC(=O)CCC(C)C)c1)[C@H](N)C(=O)O. The van der Waals surface area contributed by atoms with Crippen LogP contribution in [0, 0.1) is 17.8 Å². The Bertz CT molecular complexity index is 958. The van der Waals surface area contributed by atoms with Crippen molar-refractivity contribution in [3.8, 4) is 11.5 Å². The third-order valence-electron chi connectivity index (χ3n) is 6.44. The van der Waals surface area contributed by atoms with Crippen molar-refractivity contribution >= 4 is 23.9 Å². The number of rotatable bonds is 17. The van der Waals surface area contributed by atoms with Gasteiger partial charge in [0.25, 0.3) is 0 Å². The van der Waals surface area contributed by atoms with Crippen molar-refractivity contribution in [1.82, 2.24) is 0 Å². The Morgan fingerprint density at radius 2 is 1.38 bits per heavy atom. The lowest BCUT2D eigenvalue weighted by Gasteiger charge is -2.26. The molecular formula is C30H47NO8. The Kier molecular flexibility index (Phi) is 14.8. The van der Waals surface area contributed by atoms with E-state index in [-0.39, 0.29) is 42.6 Å². The van der Waals surface area contributed by atoms with Gasteiger partial charge in [-0.25, -0.2) is 0 Å². The Morgan fingerprint density at radius 1 is 0.846 bits per heavy atom. The first kappa shape index (κ1) is 34.1. The van der Waals surface area contributed by atoms with Gasteiger partial charge < -0.3 is 25.1 Å². The molecule has 0 aliphatic rings. The number of hydrogen-bond acceptors (Lipinski definition) is 8. The molecule has 4 atom stereocenters. The van der Waals surface area contributed by atoms with Crippen LogP contribution in [0.3, 0.4) is 0 Å². The lowest BCUT2D eigenvalue weighted by molar-refractivity contribution is -0.153. The van der Waals surface area contributed by atoms with E-state index in [1.807, 2.05) is 34.6 Å². The largest absolute Gasteiger partial charge is 0.480 e. The second-order valence-corrected chi connectivity index (χ2v) is 11.2. The first-order chi connectivity index (χ1) is 18.2. The molecule has 0 aromatic heterocycles. The summed E-state index contributed by atoms with van der Waals surface area (Å²) in [4.78, 5) is 49.3. The van der Waals surface area contributed by atoms with Crippen LogP contribution >= 0.6 is 0 Å². The van der Waals surface area contributed by atoms with Gasteiger partial charge in [0, 0.05) is 18.8 Å². The minimum atomic E-state index is -1.32. The van der Waals surface area contributed by atoms with Crippen molar-refractivity contribution in [2.24, 2.45) is 23.5 Å². The van der Waals surface area contributed by atoms with Crippen molar-refractivity contribution < 1.29 is 38.5 Å². The van der Waals surface area contributed by atoms with Crippen LogP contribution in [0.15, 0.2) is 18.2 Å². The lowest BCUT2D eigenvalue weighted by atomic mass is 9.87. The van der Waals surface area contributed by atoms with Crippen LogP contribution in [-0.2, 0) is 23.9 Å². The van der Waals surface area contributed by atoms with E-state index in [1.165, 1.54) is 12.1 Å². The average Bonchev–Trinajstić information content (AvgIpc) is 2.85. The highest BCUT2D eigenvalue weighted by atomic mass is 16.6. The molecule has 220 valence electrons. The molecule has 0 aliphatic heterocycles. The van der Waals surface area contributed by atoms with Gasteiger partial charge in [0.15, 0.2) is 11.5 Å². The predicted octanol–water partition coefficient (Wildman–Crippen LogP) is 5.62. The summed E-state index contributed by atoms with van der Waals surface area (Å²) in [5, 5.41) is 9.69. The number of carbonyl (C=O) groups is 4. The number of nitrogens with two attached hydrogens (primary N) is 1. The first-order valence-electron chi connectivity index (χ1n) is 14.0.